The van der Waals surface area contributed by atoms with Crippen molar-refractivity contribution < 1.29 is 70.9 Å². The molecule has 0 aliphatic carbocycles. The van der Waals surface area contributed by atoms with E-state index in [2.05, 4.69) is 0 Å². The Labute approximate surface area is 86.1 Å². The van der Waals surface area contributed by atoms with Gasteiger partial charge in [0.1, 0.15) is 0 Å². The molecule has 0 rings (SSSR count). The van der Waals surface area contributed by atoms with Gasteiger partial charge in [0.25, 0.3) is 0 Å². The monoisotopic (exact) mass is 364 g/mol. The van der Waals surface area contributed by atoms with Crippen molar-refractivity contribution in [3.63, 3.8) is 0 Å². The summed E-state index contributed by atoms with van der Waals surface area (Å²) in [4.78, 5) is 0. The summed E-state index contributed by atoms with van der Waals surface area (Å²) >= 11 is 0. The van der Waals surface area contributed by atoms with Gasteiger partial charge in [0.05, 0.1) is 0 Å². The Hall–Kier alpha value is 1.18. The average Bonchev–Trinajstić information content (AvgIpc) is 1.25. The summed E-state index contributed by atoms with van der Waals surface area (Å²) in [6, 6.07) is 0. The molecule has 0 heterocycles. The number of hydrogen-bond donors (Lipinski definition) is 1. The molecule has 0 spiro atoms. The summed E-state index contributed by atoms with van der Waals surface area (Å²) in [7, 11) is -5.84. The van der Waals surface area contributed by atoms with Gasteiger partial charge in [-0.1, -0.05) is 0 Å². The van der Waals surface area contributed by atoms with E-state index >= 15 is 0 Å². The summed E-state index contributed by atoms with van der Waals surface area (Å²) in [5.41, 5.74) is -5.53. The van der Waals surface area contributed by atoms with Crippen LogP contribution in [0.4, 0.5) is 13.2 Å². The van der Waals surface area contributed by atoms with Gasteiger partial charge >= 0.3 is 15.6 Å². The third kappa shape index (κ3) is 5.93. The van der Waals surface area contributed by atoms with Gasteiger partial charge in [-0.3, -0.25) is 4.55 Å². The van der Waals surface area contributed by atoms with Crippen LogP contribution in [0.3, 0.4) is 0 Å². The zero-order chi connectivity index (χ0) is 7.00. The van der Waals surface area contributed by atoms with Gasteiger partial charge in [0.2, 0.25) is 0 Å². The summed E-state index contributed by atoms with van der Waals surface area (Å²) in [5, 5.41) is 0. The second-order valence-electron chi connectivity index (χ2n) is 0.921. The molecule has 0 fully saturated rings. The van der Waals surface area contributed by atoms with Gasteiger partial charge in [0, 0.05) is 44.8 Å². The Bertz CT molecular complexity index is 171. The van der Waals surface area contributed by atoms with E-state index in [0.29, 0.717) is 0 Å². The van der Waals surface area contributed by atoms with E-state index in [1.54, 1.807) is 0 Å². The molecular formula is CHAg2F3O3S. The Morgan fingerprint density at radius 2 is 1.20 bits per heavy atom. The summed E-state index contributed by atoms with van der Waals surface area (Å²) < 4.78 is 57.5. The van der Waals surface area contributed by atoms with Crippen molar-refractivity contribution >= 4 is 10.1 Å². The molecule has 72 valence electrons. The van der Waals surface area contributed by atoms with Crippen LogP contribution in [0.15, 0.2) is 0 Å². The number of halogens is 3. The van der Waals surface area contributed by atoms with Crippen molar-refractivity contribution in [1.29, 1.82) is 0 Å². The molecule has 0 aromatic rings. The topological polar surface area (TPSA) is 54.4 Å². The molecule has 0 aromatic heterocycles. The van der Waals surface area contributed by atoms with Crippen LogP contribution in [0.25, 0.3) is 0 Å². The molecule has 0 saturated heterocycles. The van der Waals surface area contributed by atoms with E-state index in [4.69, 9.17) is 13.0 Å². The minimum Gasteiger partial charge on any atom is -0.279 e. The molecule has 9 heteroatoms. The molecule has 10 heavy (non-hydrogen) atoms. The zero-order valence-electron chi connectivity index (χ0n) is 3.91. The quantitative estimate of drug-likeness (QED) is 0.384. The first-order valence-corrected chi connectivity index (χ1v) is 2.73. The second-order valence-corrected chi connectivity index (χ2v) is 2.33. The van der Waals surface area contributed by atoms with E-state index in [1.807, 2.05) is 0 Å². The van der Waals surface area contributed by atoms with Crippen molar-refractivity contribution in [2.45, 2.75) is 5.51 Å². The Morgan fingerprint density at radius 3 is 1.20 bits per heavy atom. The summed E-state index contributed by atoms with van der Waals surface area (Å²) in [6.07, 6.45) is 0. The van der Waals surface area contributed by atoms with Gasteiger partial charge in [-0.05, 0) is 0 Å². The van der Waals surface area contributed by atoms with Crippen LogP contribution in [0.1, 0.15) is 0 Å². The van der Waals surface area contributed by atoms with Crippen LogP contribution in [0, 0.1) is 0 Å². The maximum atomic E-state index is 10.7. The molecule has 0 saturated carbocycles. The van der Waals surface area contributed by atoms with Gasteiger partial charge in [-0.2, -0.15) is 21.6 Å². The molecule has 2 radical (unpaired) electrons. The minimum absolute atomic E-state index is 0. The normalized spacial score (nSPS) is 11.2. The molecule has 0 unspecified atom stereocenters. The Kier molecular flexibility index (Phi) is 8.55. The molecule has 3 nitrogen and oxygen atoms in total. The van der Waals surface area contributed by atoms with Crippen LogP contribution in [0.2, 0.25) is 0 Å². The first-order valence-electron chi connectivity index (χ1n) is 1.29. The molecule has 0 aromatic carbocycles. The first kappa shape index (κ1) is 17.3. The van der Waals surface area contributed by atoms with E-state index in [9.17, 15) is 13.2 Å². The van der Waals surface area contributed by atoms with Gasteiger partial charge < -0.3 is 0 Å². The van der Waals surface area contributed by atoms with E-state index < -0.39 is 15.6 Å². The first-order chi connectivity index (χ1) is 3.25. The van der Waals surface area contributed by atoms with Crippen molar-refractivity contribution in [2.75, 3.05) is 0 Å². The Balaban J connectivity index is -0.000000245. The summed E-state index contributed by atoms with van der Waals surface area (Å²) in [6.45, 7) is 0. The molecular weight excluding hydrogens is 365 g/mol. The maximum Gasteiger partial charge on any atom is 0.522 e. The SMILES string of the molecule is O=S(=O)(O)C(F)(F)F.[Ag].[Ag]. The number of hydrogen-bond acceptors (Lipinski definition) is 2. The predicted molar refractivity (Wildman–Crippen MR) is 17.6 cm³/mol. The average molecular weight is 366 g/mol. The van der Waals surface area contributed by atoms with Crippen molar-refractivity contribution in [1.82, 2.24) is 0 Å². The smallest absolute Gasteiger partial charge is 0.279 e. The molecule has 1 N–H and O–H groups in total. The minimum atomic E-state index is -5.84. The molecule has 0 aliphatic heterocycles. The maximum absolute atomic E-state index is 10.7. The van der Waals surface area contributed by atoms with Crippen LogP contribution in [-0.2, 0) is 54.9 Å². The number of alkyl halides is 3. The fourth-order valence-corrected chi connectivity index (χ4v) is 0. The van der Waals surface area contributed by atoms with Gasteiger partial charge in [0.15, 0.2) is 0 Å². The van der Waals surface area contributed by atoms with Crippen molar-refractivity contribution in [3.05, 3.63) is 0 Å². The fraction of sp³-hybridized carbons (Fsp3) is 1.00. The van der Waals surface area contributed by atoms with Crippen LogP contribution < -0.4 is 0 Å². The van der Waals surface area contributed by atoms with Crippen LogP contribution in [-0.4, -0.2) is 18.5 Å². The Morgan fingerprint density at radius 1 is 1.10 bits per heavy atom. The van der Waals surface area contributed by atoms with E-state index in [-0.39, 0.29) is 44.8 Å². The second kappa shape index (κ2) is 4.94. The van der Waals surface area contributed by atoms with Crippen molar-refractivity contribution in [2.24, 2.45) is 0 Å². The summed E-state index contributed by atoms with van der Waals surface area (Å²) in [5.74, 6) is 0. The van der Waals surface area contributed by atoms with Gasteiger partial charge in [-0.25, -0.2) is 0 Å². The standard InChI is InChI=1S/CHF3O3S.2Ag/c2-1(3,4)8(5,6)7;;/h(H,5,6,7);;. The predicted octanol–water partition coefficient (Wildman–Crippen LogP) is 0.389. The zero-order valence-corrected chi connectivity index (χ0v) is 7.69. The van der Waals surface area contributed by atoms with E-state index in [1.165, 1.54) is 0 Å². The van der Waals surface area contributed by atoms with Crippen LogP contribution >= 0.6 is 0 Å². The van der Waals surface area contributed by atoms with Gasteiger partial charge in [-0.15, -0.1) is 0 Å². The number of rotatable bonds is 0. The third-order valence-corrected chi connectivity index (χ3v) is 0.877. The largest absolute Gasteiger partial charge is 0.522 e. The molecule has 0 amide bonds. The van der Waals surface area contributed by atoms with Crippen molar-refractivity contribution in [3.8, 4) is 0 Å². The third-order valence-electron chi connectivity index (χ3n) is 0.292. The van der Waals surface area contributed by atoms with Crippen LogP contribution in [0.5, 0.6) is 0 Å². The molecule has 0 bridgehead atoms. The molecule has 0 atom stereocenters. The van der Waals surface area contributed by atoms with E-state index in [0.717, 1.165) is 0 Å². The molecule has 0 aliphatic rings. The fourth-order valence-electron chi connectivity index (χ4n) is 0.